The number of methoxy groups -OCH3 is 1. The van der Waals surface area contributed by atoms with Gasteiger partial charge in [0.15, 0.2) is 0 Å². The topological polar surface area (TPSA) is 49.7 Å². The van der Waals surface area contributed by atoms with Crippen LogP contribution in [-0.2, 0) is 4.74 Å². The van der Waals surface area contributed by atoms with E-state index >= 15 is 0 Å². The fourth-order valence-corrected chi connectivity index (χ4v) is 5.75. The number of hydrogen-bond donors (Lipinski definition) is 2. The van der Waals surface area contributed by atoms with Crippen LogP contribution in [0, 0.1) is 17.3 Å². The summed E-state index contributed by atoms with van der Waals surface area (Å²) < 4.78 is 5.76. The first-order valence-electron chi connectivity index (χ1n) is 8.58. The van der Waals surface area contributed by atoms with Gasteiger partial charge in [0.2, 0.25) is 0 Å². The molecule has 2 N–H and O–H groups in total. The van der Waals surface area contributed by atoms with E-state index < -0.39 is 0 Å². The third-order valence-corrected chi connectivity index (χ3v) is 6.97. The second kappa shape index (κ2) is 4.97. The third-order valence-electron chi connectivity index (χ3n) is 6.97. The number of hydrogen-bond acceptors (Lipinski definition) is 3. The number of aromatic hydroxyl groups is 1. The number of phenols is 1. The number of aliphatic hydroxyl groups is 1. The largest absolute Gasteiger partial charge is 0.508 e. The van der Waals surface area contributed by atoms with Gasteiger partial charge in [0.05, 0.1) is 12.2 Å². The molecule has 22 heavy (non-hydrogen) atoms. The summed E-state index contributed by atoms with van der Waals surface area (Å²) in [6.07, 6.45) is 5.29. The number of benzene rings is 1. The van der Waals surface area contributed by atoms with Gasteiger partial charge in [-0.1, -0.05) is 13.0 Å². The maximum atomic E-state index is 10.5. The number of rotatable bonds is 1. The van der Waals surface area contributed by atoms with Gasteiger partial charge in [0.25, 0.3) is 0 Å². The molecule has 1 unspecified atom stereocenters. The summed E-state index contributed by atoms with van der Waals surface area (Å²) in [6, 6.07) is 5.80. The lowest BCUT2D eigenvalue weighted by molar-refractivity contribution is -0.0432. The average molecular weight is 302 g/mol. The van der Waals surface area contributed by atoms with Gasteiger partial charge in [0, 0.05) is 7.11 Å². The minimum absolute atomic E-state index is 0.0726. The Hall–Kier alpha value is -1.06. The van der Waals surface area contributed by atoms with Crippen molar-refractivity contribution in [1.82, 2.24) is 0 Å². The average Bonchev–Trinajstić information content (AvgIpc) is 2.82. The second-order valence-corrected chi connectivity index (χ2v) is 7.79. The Morgan fingerprint density at radius 2 is 2.00 bits per heavy atom. The van der Waals surface area contributed by atoms with Crippen molar-refractivity contribution in [3.63, 3.8) is 0 Å². The maximum Gasteiger partial charge on any atom is 0.115 e. The molecule has 3 heteroatoms. The summed E-state index contributed by atoms with van der Waals surface area (Å²) in [5.74, 6) is 2.08. The first-order valence-corrected chi connectivity index (χ1v) is 8.58. The highest BCUT2D eigenvalue weighted by Gasteiger charge is 2.55. The van der Waals surface area contributed by atoms with Gasteiger partial charge in [-0.05, 0) is 78.5 Å². The molecule has 0 aromatic heterocycles. The molecule has 120 valence electrons. The molecule has 0 amide bonds. The van der Waals surface area contributed by atoms with Crippen molar-refractivity contribution in [1.29, 1.82) is 0 Å². The zero-order valence-corrected chi connectivity index (χ0v) is 13.5. The number of ether oxygens (including phenoxy) is 1. The summed E-state index contributed by atoms with van der Waals surface area (Å²) >= 11 is 0. The standard InChI is InChI=1S/C19H26O3/c1-19-8-7-13-12-4-3-11(20)9-15(12)17(22-2)10-14(13)16(19)5-6-18(19)21/h3-4,9,13-14,16-18,20-21H,5-8,10H2,1-2H3/t13-,14-,16+,17-,18?,19+/m1/s1. The van der Waals surface area contributed by atoms with Crippen LogP contribution in [-0.4, -0.2) is 23.4 Å². The Balaban J connectivity index is 1.76. The minimum Gasteiger partial charge on any atom is -0.508 e. The minimum atomic E-state index is -0.138. The molecule has 4 rings (SSSR count). The Morgan fingerprint density at radius 1 is 1.18 bits per heavy atom. The Labute approximate surface area is 132 Å². The van der Waals surface area contributed by atoms with Gasteiger partial charge in [0.1, 0.15) is 5.75 Å². The SMILES string of the molecule is CO[C@@H]1C[C@@H]2[C@H](CC[C@]3(C)C(O)CC[C@@H]23)c2ccc(O)cc21. The van der Waals surface area contributed by atoms with Crippen molar-refractivity contribution in [3.05, 3.63) is 29.3 Å². The molecule has 0 spiro atoms. The van der Waals surface area contributed by atoms with Crippen molar-refractivity contribution in [2.24, 2.45) is 17.3 Å². The summed E-state index contributed by atoms with van der Waals surface area (Å²) in [7, 11) is 1.77. The van der Waals surface area contributed by atoms with Crippen LogP contribution in [0.1, 0.15) is 62.2 Å². The lowest BCUT2D eigenvalue weighted by Gasteiger charge is -2.51. The van der Waals surface area contributed by atoms with Crippen LogP contribution in [0.3, 0.4) is 0 Å². The highest BCUT2D eigenvalue weighted by atomic mass is 16.5. The molecule has 3 nitrogen and oxygen atoms in total. The molecule has 1 aromatic rings. The fraction of sp³-hybridized carbons (Fsp3) is 0.684. The molecule has 0 aliphatic heterocycles. The van der Waals surface area contributed by atoms with E-state index in [1.54, 1.807) is 7.11 Å². The predicted molar refractivity (Wildman–Crippen MR) is 84.8 cm³/mol. The Kier molecular flexibility index (Phi) is 3.28. The molecule has 0 bridgehead atoms. The number of aliphatic hydroxyl groups excluding tert-OH is 1. The number of phenolic OH excluding ortho intramolecular Hbond substituents is 1. The van der Waals surface area contributed by atoms with Gasteiger partial charge >= 0.3 is 0 Å². The summed E-state index contributed by atoms with van der Waals surface area (Å²) in [6.45, 7) is 2.29. The summed E-state index contributed by atoms with van der Waals surface area (Å²) in [5.41, 5.74) is 2.63. The normalized spacial score (nSPS) is 43.3. The predicted octanol–water partition coefficient (Wildman–Crippen LogP) is 3.75. The summed E-state index contributed by atoms with van der Waals surface area (Å²) in [4.78, 5) is 0. The van der Waals surface area contributed by atoms with Gasteiger partial charge in [-0.3, -0.25) is 0 Å². The molecule has 2 fully saturated rings. The van der Waals surface area contributed by atoms with Crippen molar-refractivity contribution in [2.45, 2.75) is 57.2 Å². The van der Waals surface area contributed by atoms with Crippen LogP contribution in [0.25, 0.3) is 0 Å². The van der Waals surface area contributed by atoms with Crippen LogP contribution < -0.4 is 0 Å². The Bertz CT molecular complexity index is 584. The maximum absolute atomic E-state index is 10.5. The molecule has 3 aliphatic rings. The van der Waals surface area contributed by atoms with Gasteiger partial charge in [-0.25, -0.2) is 0 Å². The molecule has 6 atom stereocenters. The highest BCUT2D eigenvalue weighted by molar-refractivity contribution is 5.41. The van der Waals surface area contributed by atoms with E-state index in [4.69, 9.17) is 4.74 Å². The van der Waals surface area contributed by atoms with E-state index in [1.807, 2.05) is 12.1 Å². The first kappa shape index (κ1) is 14.5. The van der Waals surface area contributed by atoms with E-state index in [0.29, 0.717) is 23.5 Å². The van der Waals surface area contributed by atoms with Crippen LogP contribution in [0.5, 0.6) is 5.75 Å². The van der Waals surface area contributed by atoms with Crippen molar-refractivity contribution in [2.75, 3.05) is 7.11 Å². The Morgan fingerprint density at radius 3 is 2.77 bits per heavy atom. The van der Waals surface area contributed by atoms with Crippen molar-refractivity contribution < 1.29 is 14.9 Å². The molecular weight excluding hydrogens is 276 g/mol. The number of fused-ring (bicyclic) bond motifs is 5. The molecule has 2 saturated carbocycles. The van der Waals surface area contributed by atoms with Crippen molar-refractivity contribution >= 4 is 0 Å². The van der Waals surface area contributed by atoms with E-state index in [1.165, 1.54) is 11.1 Å². The smallest absolute Gasteiger partial charge is 0.115 e. The zero-order chi connectivity index (χ0) is 15.5. The lowest BCUT2D eigenvalue weighted by atomic mass is 9.55. The lowest BCUT2D eigenvalue weighted by Crippen LogP contribution is -2.44. The molecule has 0 radical (unpaired) electrons. The van der Waals surface area contributed by atoms with E-state index in [-0.39, 0.29) is 17.6 Å². The molecule has 3 aliphatic carbocycles. The van der Waals surface area contributed by atoms with Crippen LogP contribution in [0.15, 0.2) is 18.2 Å². The fourth-order valence-electron chi connectivity index (χ4n) is 5.75. The van der Waals surface area contributed by atoms with Gasteiger partial charge < -0.3 is 14.9 Å². The second-order valence-electron chi connectivity index (χ2n) is 7.79. The van der Waals surface area contributed by atoms with E-state index in [0.717, 1.165) is 32.1 Å². The quantitative estimate of drug-likeness (QED) is 0.830. The van der Waals surface area contributed by atoms with Gasteiger partial charge in [-0.2, -0.15) is 0 Å². The molecule has 0 saturated heterocycles. The molecule has 0 heterocycles. The molecular formula is C19H26O3. The highest BCUT2D eigenvalue weighted by Crippen LogP contribution is 2.62. The van der Waals surface area contributed by atoms with E-state index in [2.05, 4.69) is 13.0 Å². The summed E-state index contributed by atoms with van der Waals surface area (Å²) in [5, 5.41) is 20.3. The van der Waals surface area contributed by atoms with E-state index in [9.17, 15) is 10.2 Å². The van der Waals surface area contributed by atoms with Gasteiger partial charge in [-0.15, -0.1) is 0 Å². The van der Waals surface area contributed by atoms with Crippen molar-refractivity contribution in [3.8, 4) is 5.75 Å². The monoisotopic (exact) mass is 302 g/mol. The first-order chi connectivity index (χ1) is 10.5. The van der Waals surface area contributed by atoms with Crippen LogP contribution in [0.2, 0.25) is 0 Å². The van der Waals surface area contributed by atoms with Crippen LogP contribution in [0.4, 0.5) is 0 Å². The van der Waals surface area contributed by atoms with Crippen LogP contribution >= 0.6 is 0 Å². The zero-order valence-electron chi connectivity index (χ0n) is 13.5. The molecule has 1 aromatic carbocycles. The third kappa shape index (κ3) is 1.88.